The highest BCUT2D eigenvalue weighted by molar-refractivity contribution is 7.03. The number of fused-ring (bicyclic) bond motifs is 12. The van der Waals surface area contributed by atoms with Crippen molar-refractivity contribution in [1.82, 2.24) is 29.5 Å². The van der Waals surface area contributed by atoms with Gasteiger partial charge < -0.3 is 77.4 Å². The van der Waals surface area contributed by atoms with Crippen LogP contribution in [-0.4, -0.2) is 112 Å². The van der Waals surface area contributed by atoms with Crippen molar-refractivity contribution in [2.45, 2.75) is 210 Å². The summed E-state index contributed by atoms with van der Waals surface area (Å²) < 4.78 is 39.8. The zero-order valence-electron chi connectivity index (χ0n) is 89.5. The maximum atomic E-state index is 6.46. The molecule has 11 aromatic carbocycles. The number of hydrogen-bond acceptors (Lipinski definition) is 17. The topological polar surface area (TPSA) is 105 Å². The van der Waals surface area contributed by atoms with Crippen LogP contribution in [-0.2, 0) is 28.7 Å². The van der Waals surface area contributed by atoms with E-state index in [1.54, 1.807) is 0 Å². The van der Waals surface area contributed by atoms with Crippen molar-refractivity contribution in [3.63, 3.8) is 0 Å². The minimum atomic E-state index is -1.85. The quantitative estimate of drug-likeness (QED) is 0.116. The van der Waals surface area contributed by atoms with Gasteiger partial charge in [-0.1, -0.05) is 221 Å². The van der Waals surface area contributed by atoms with Crippen molar-refractivity contribution < 1.29 is 33.0 Å². The van der Waals surface area contributed by atoms with Crippen LogP contribution in [0.4, 0.5) is 28.4 Å². The van der Waals surface area contributed by atoms with E-state index in [1.165, 1.54) is 127 Å². The number of benzene rings is 11. The number of nitrogens with zero attached hydrogens (tertiary/aromatic N) is 12. The molecule has 144 heavy (non-hydrogen) atoms. The molecule has 2 aromatic heterocycles. The molecule has 0 unspecified atom stereocenters. The molecule has 0 amide bonds. The average Bonchev–Trinajstić information content (AvgIpc) is 0.968. The van der Waals surface area contributed by atoms with Gasteiger partial charge in [0.1, 0.15) is 88.5 Å². The highest BCUT2D eigenvalue weighted by Crippen LogP contribution is 2.58. The Kier molecular flexibility index (Phi) is 25.6. The normalized spacial score (nSPS) is 19.6. The number of aromatic nitrogens is 2. The van der Waals surface area contributed by atoms with Crippen molar-refractivity contribution in [3.05, 3.63) is 377 Å². The molecular formula is C124H141N12O6Si2+. The van der Waals surface area contributed by atoms with Gasteiger partial charge in [-0.05, 0) is 215 Å². The first-order valence-electron chi connectivity index (χ1n) is 50.8. The molecule has 0 bridgehead atoms. The summed E-state index contributed by atoms with van der Waals surface area (Å²) >= 11 is 0. The van der Waals surface area contributed by atoms with E-state index in [0.717, 1.165) is 80.2 Å². The highest BCUT2D eigenvalue weighted by Gasteiger charge is 2.48. The first-order chi connectivity index (χ1) is 68.5. The highest BCUT2D eigenvalue weighted by atomic mass is 28.3. The Morgan fingerprint density at radius 3 is 1.20 bits per heavy atom. The molecule has 12 heterocycles. The molecule has 13 aromatic rings. The Labute approximate surface area is 856 Å². The van der Waals surface area contributed by atoms with Crippen molar-refractivity contribution >= 4 is 65.3 Å². The van der Waals surface area contributed by atoms with Gasteiger partial charge in [-0.15, -0.1) is 0 Å². The van der Waals surface area contributed by atoms with Crippen LogP contribution in [0.5, 0.6) is 69.0 Å². The summed E-state index contributed by atoms with van der Waals surface area (Å²) in [5, 5.41) is 5.56. The fourth-order valence-electron chi connectivity index (χ4n) is 22.8. The van der Waals surface area contributed by atoms with Gasteiger partial charge in [-0.25, -0.2) is 4.57 Å². The Morgan fingerprint density at radius 1 is 0.285 bits per heavy atom. The number of anilines is 5. The second kappa shape index (κ2) is 37.4. The summed E-state index contributed by atoms with van der Waals surface area (Å²) in [4.78, 5) is 27.5. The third-order valence-electron chi connectivity index (χ3n) is 32.3. The lowest BCUT2D eigenvalue weighted by molar-refractivity contribution is -0.660. The van der Waals surface area contributed by atoms with Crippen LogP contribution in [0.3, 0.4) is 0 Å². The van der Waals surface area contributed by atoms with Gasteiger partial charge in [0, 0.05) is 176 Å². The zero-order chi connectivity index (χ0) is 102. The fraction of sp³-hybridized carbons (Fsp3) is 0.306. The maximum Gasteiger partial charge on any atom is 0.212 e. The molecule has 1 aliphatic carbocycles. The second-order valence-corrected chi connectivity index (χ2v) is 52.2. The van der Waals surface area contributed by atoms with E-state index >= 15 is 0 Å². The maximum absolute atomic E-state index is 6.46. The third kappa shape index (κ3) is 16.8. The van der Waals surface area contributed by atoms with Crippen LogP contribution >= 0.6 is 0 Å². The Bertz CT molecular complexity index is 7090. The molecule has 0 saturated heterocycles. The monoisotopic (exact) mass is 1950 g/mol. The summed E-state index contributed by atoms with van der Waals surface area (Å²) in [6, 6.07) is 78.7. The van der Waals surface area contributed by atoms with Crippen molar-refractivity contribution in [1.29, 1.82) is 0 Å². The minimum Gasteiger partial charge on any atom is -0.458 e. The van der Waals surface area contributed by atoms with E-state index in [9.17, 15) is 0 Å². The first-order valence-corrected chi connectivity index (χ1v) is 56.8. The SMILES string of the molecule is Cc1cc2c(cc1-c1cccc[n+]1C)C(C)(C)c1ncccc1C2(C)C.Cc1ccc2c(c1N1C=CN(C)[C@@H]1C)C(C)(C)c1ccccc1O2.Cc1ccc2c(c1N1C=CN(C)[C@@H]1C)Oc1ccccc1C2(C)C.Cc1ccc2c(c1N1C=CN(C)[C@@H]1C)Oc1ccccc1O2.Cc1ccc2c(c1N1C=CN(C)[C@@H]1C)Oc1ccccc1[Si]2(C)C.Cc1ccc2c(c1N1C=CN(C)[C@@H]1C)[Si](C)(C)c1ccccc1O2. The first kappa shape index (κ1) is 98.4. The molecule has 24 rings (SSSR count). The molecule has 740 valence electrons. The van der Waals surface area contributed by atoms with Gasteiger partial charge in [0.2, 0.25) is 5.69 Å². The Morgan fingerprint density at radius 2 is 0.660 bits per heavy atom. The number of ether oxygens (including phenoxy) is 6. The molecular weight excluding hydrogens is 1810 g/mol. The molecule has 0 fully saturated rings. The minimum absolute atomic E-state index is 0.0450. The van der Waals surface area contributed by atoms with Crippen molar-refractivity contribution in [3.8, 4) is 80.3 Å². The van der Waals surface area contributed by atoms with Crippen LogP contribution in [0.2, 0.25) is 26.2 Å². The fourth-order valence-corrected chi connectivity index (χ4v) is 28.8. The Balaban J connectivity index is 0.000000109. The predicted octanol–water partition coefficient (Wildman–Crippen LogP) is 26.3. The van der Waals surface area contributed by atoms with Gasteiger partial charge in [-0.3, -0.25) is 4.98 Å². The number of para-hydroxylation sites is 6. The van der Waals surface area contributed by atoms with Crippen LogP contribution < -0.4 is 78.2 Å². The van der Waals surface area contributed by atoms with Crippen LogP contribution in [0.1, 0.15) is 168 Å². The number of rotatable bonds is 6. The van der Waals surface area contributed by atoms with Gasteiger partial charge in [0.05, 0.1) is 28.4 Å². The summed E-state index contributed by atoms with van der Waals surface area (Å²) in [6.45, 7) is 52.2. The molecule has 5 atom stereocenters. The number of pyridine rings is 2. The third-order valence-corrected chi connectivity index (χ3v) is 39.3. The smallest absolute Gasteiger partial charge is 0.212 e. The molecule has 10 aliphatic heterocycles. The Hall–Kier alpha value is -14.3. The van der Waals surface area contributed by atoms with E-state index < -0.39 is 16.1 Å². The van der Waals surface area contributed by atoms with Crippen LogP contribution in [0, 0.1) is 41.5 Å². The molecule has 20 heteroatoms. The van der Waals surface area contributed by atoms with Crippen LogP contribution in [0.15, 0.2) is 299 Å². The van der Waals surface area contributed by atoms with Gasteiger partial charge in [0.15, 0.2) is 40.7 Å². The van der Waals surface area contributed by atoms with E-state index in [1.807, 2.05) is 48.7 Å². The lowest BCUT2D eigenvalue weighted by Gasteiger charge is -2.43. The number of aryl methyl sites for hydroxylation is 7. The number of hydrogen-bond donors (Lipinski definition) is 0. The standard InChI is InChI=1S/C24H27N2.2C21H24N2O.2C20H24N2OSi.C18H18N2O2/c1-16-14-19-20(15-17(16)21-11-7-8-13-26(21)6)24(4,5)22-18(23(19,2)3)10-9-12-25-22;1-14-10-11-17-20(19(14)23-13-12-22(5)15(23)2)24-18-9-7-6-8-16(18)21(17,3)4;1-14-10-11-18-19(20(14)23-13-12-22(5)15(23)2)21(3,4)16-8-6-7-9-17(16)24-18;1-14-10-11-17-20(19(14)22-13-12-21(3)15(22)2)24(4,5)18-9-7-6-8-16(18)23-17;1-14-10-11-18-20(19(14)22-13-12-21(3)15(22)2)23-16-8-6-7-9-17(16)24(18,4)5;1-12-8-9-16-18(17(12)20-11-10-19(3)13(20)2)22-15-7-5-4-6-14(15)21-16/h7-15H,1-6H3;4*6-13,15H,1-5H3;4-11,13H,1-3H3/q+1;;;;;/t;4*15-;13-/m.00000/s1. The van der Waals surface area contributed by atoms with Gasteiger partial charge in [-0.2, -0.15) is 0 Å². The second-order valence-electron chi connectivity index (χ2n) is 43.6. The molecule has 0 spiro atoms. The molecule has 11 aliphatic rings. The summed E-state index contributed by atoms with van der Waals surface area (Å²) in [5.41, 5.74) is 26.1. The molecule has 0 N–H and O–H groups in total. The molecule has 18 nitrogen and oxygen atoms in total. The lowest BCUT2D eigenvalue weighted by Crippen LogP contribution is -2.58. The van der Waals surface area contributed by atoms with E-state index in [0.29, 0.717) is 18.5 Å². The van der Waals surface area contributed by atoms with Crippen molar-refractivity contribution in [2.24, 2.45) is 7.05 Å². The largest absolute Gasteiger partial charge is 0.458 e. The average molecular weight is 1950 g/mol. The molecule has 0 radical (unpaired) electrons. The summed E-state index contributed by atoms with van der Waals surface area (Å²) in [7, 11) is 9.02. The lowest BCUT2D eigenvalue weighted by atomic mass is 9.61. The van der Waals surface area contributed by atoms with Gasteiger partial charge in [0.25, 0.3) is 0 Å². The molecule has 0 saturated carbocycles. The van der Waals surface area contributed by atoms with E-state index in [2.05, 4.69) is 504 Å². The van der Waals surface area contributed by atoms with Crippen molar-refractivity contribution in [2.75, 3.05) is 59.7 Å². The zero-order valence-corrected chi connectivity index (χ0v) is 91.5. The summed E-state index contributed by atoms with van der Waals surface area (Å²) in [5.74, 6) is 11.1. The predicted molar refractivity (Wildman–Crippen MR) is 597 cm³/mol. The van der Waals surface area contributed by atoms with E-state index in [-0.39, 0.29) is 34.0 Å². The van der Waals surface area contributed by atoms with Gasteiger partial charge >= 0.3 is 0 Å². The van der Waals surface area contributed by atoms with Crippen LogP contribution in [0.25, 0.3) is 11.3 Å². The summed E-state index contributed by atoms with van der Waals surface area (Å²) in [6.07, 6.45) is 26.8. The van der Waals surface area contributed by atoms with E-state index in [4.69, 9.17) is 33.4 Å².